The van der Waals surface area contributed by atoms with Crippen LogP contribution in [0.5, 0.6) is 0 Å². The standard InChI is InChI=1S/C3H5I2N/c4-1-6-2-5-3-6/h2H,1,3H2. The van der Waals surface area contributed by atoms with Gasteiger partial charge in [0.15, 0.2) is 0 Å². The Morgan fingerprint density at radius 2 is 2.67 bits per heavy atom. The van der Waals surface area contributed by atoms with E-state index in [0.29, 0.717) is 20.7 Å². The van der Waals surface area contributed by atoms with E-state index in [4.69, 9.17) is 0 Å². The van der Waals surface area contributed by atoms with Gasteiger partial charge in [0.25, 0.3) is 0 Å². The molecule has 1 heterocycles. The van der Waals surface area contributed by atoms with Crippen molar-refractivity contribution in [3.63, 3.8) is 0 Å². The number of alkyl halides is 2. The van der Waals surface area contributed by atoms with Crippen LogP contribution in [0.2, 0.25) is 0 Å². The molecule has 1 rings (SSSR count). The van der Waals surface area contributed by atoms with Gasteiger partial charge < -0.3 is 0 Å². The van der Waals surface area contributed by atoms with Crippen LogP contribution < -0.4 is 0 Å². The van der Waals surface area contributed by atoms with Crippen molar-refractivity contribution in [2.24, 2.45) is 0 Å². The summed E-state index contributed by atoms with van der Waals surface area (Å²) in [7, 11) is 0. The summed E-state index contributed by atoms with van der Waals surface area (Å²) in [4.78, 5) is 2.34. The molecule has 0 aromatic carbocycles. The van der Waals surface area contributed by atoms with Crippen molar-refractivity contribution in [2.45, 2.75) is 0 Å². The highest BCUT2D eigenvalue weighted by molar-refractivity contribution is 14.2. The van der Waals surface area contributed by atoms with Crippen LogP contribution >= 0.6 is 43.3 Å². The summed E-state index contributed by atoms with van der Waals surface area (Å²) in [5, 5.41) is 0. The lowest BCUT2D eigenvalue weighted by Gasteiger charge is -2.17. The third-order valence-corrected chi connectivity index (χ3v) is 3.91. The van der Waals surface area contributed by atoms with Crippen LogP contribution in [0.25, 0.3) is 0 Å². The minimum atomic E-state index is 0.541. The molecule has 1 nitrogen and oxygen atoms in total. The van der Waals surface area contributed by atoms with Gasteiger partial charge in [-0.15, -0.1) is 0 Å². The first kappa shape index (κ1) is 5.43. The Labute approximate surface area is 61.0 Å². The number of hydrogen-bond acceptors (Lipinski definition) is 1. The van der Waals surface area contributed by atoms with Gasteiger partial charge >= 0.3 is 0 Å². The molecule has 0 saturated carbocycles. The molecule has 0 unspecified atom stereocenters. The topological polar surface area (TPSA) is 3.24 Å². The van der Waals surface area contributed by atoms with Crippen LogP contribution in [-0.4, -0.2) is 18.1 Å². The Morgan fingerprint density at radius 1 is 2.00 bits per heavy atom. The Bertz CT molecular complexity index is 71.2. The highest BCUT2D eigenvalue weighted by Crippen LogP contribution is 2.11. The predicted octanol–water partition coefficient (Wildman–Crippen LogP) is 1.38. The van der Waals surface area contributed by atoms with E-state index in [2.05, 4.69) is 31.6 Å². The van der Waals surface area contributed by atoms with Crippen molar-refractivity contribution in [2.75, 3.05) is 9.10 Å². The van der Waals surface area contributed by atoms with Gasteiger partial charge in [-0.3, -0.25) is 4.90 Å². The maximum atomic E-state index is 2.38. The Kier molecular flexibility index (Phi) is 2.32. The fourth-order valence-electron chi connectivity index (χ4n) is 0.225. The quantitative estimate of drug-likeness (QED) is 0.402. The molecule has 1 aliphatic rings. The second kappa shape index (κ2) is 2.56. The first-order valence-corrected chi connectivity index (χ1v) is 5.94. The van der Waals surface area contributed by atoms with E-state index in [1.54, 1.807) is 0 Å². The van der Waals surface area contributed by atoms with Gasteiger partial charge in [0.1, 0.15) is 0 Å². The normalized spacial score (nSPS) is 22.2. The molecule has 0 aromatic rings. The van der Waals surface area contributed by atoms with E-state index in [0.717, 1.165) is 0 Å². The molecule has 0 saturated heterocycles. The molecule has 0 aliphatic carbocycles. The van der Waals surface area contributed by atoms with Crippen molar-refractivity contribution >= 4 is 47.5 Å². The lowest BCUT2D eigenvalue weighted by molar-refractivity contribution is 0.624. The van der Waals surface area contributed by atoms with Gasteiger partial charge in [0, 0.05) is 4.14 Å². The molecule has 0 spiro atoms. The zero-order chi connectivity index (χ0) is 4.41. The van der Waals surface area contributed by atoms with E-state index in [9.17, 15) is 0 Å². The highest BCUT2D eigenvalue weighted by Gasteiger charge is 2.01. The van der Waals surface area contributed by atoms with Gasteiger partial charge in [0.2, 0.25) is 0 Å². The average Bonchev–Trinajstić information content (AvgIpc) is 1.31. The third-order valence-electron chi connectivity index (χ3n) is 0.583. The molecular weight excluding hydrogens is 304 g/mol. The van der Waals surface area contributed by atoms with Crippen LogP contribution in [0, 0.1) is 0 Å². The number of halogens is 2. The fraction of sp³-hybridized carbons (Fsp3) is 0.667. The van der Waals surface area contributed by atoms with Crippen LogP contribution in [0.15, 0.2) is 0 Å². The van der Waals surface area contributed by atoms with Gasteiger partial charge in [0.05, 0.1) is 9.10 Å². The number of rotatable bonds is 1. The van der Waals surface area contributed by atoms with E-state index < -0.39 is 0 Å². The SMILES string of the molecule is ICN1C=IC1. The van der Waals surface area contributed by atoms with Gasteiger partial charge in [-0.05, 0) is 0 Å². The van der Waals surface area contributed by atoms with Crippen LogP contribution in [0.4, 0.5) is 0 Å². The van der Waals surface area contributed by atoms with Crippen molar-refractivity contribution in [1.82, 2.24) is 4.90 Å². The minimum Gasteiger partial charge on any atom is -0.258 e. The summed E-state index contributed by atoms with van der Waals surface area (Å²) >= 11 is 2.92. The first-order chi connectivity index (χ1) is 2.93. The molecule has 1 aliphatic heterocycles. The third kappa shape index (κ3) is 1.13. The van der Waals surface area contributed by atoms with Crippen molar-refractivity contribution in [1.29, 1.82) is 0 Å². The Morgan fingerprint density at radius 3 is 2.67 bits per heavy atom. The van der Waals surface area contributed by atoms with Crippen LogP contribution in [0.3, 0.4) is 0 Å². The summed E-state index contributed by atoms with van der Waals surface area (Å²) in [6, 6.07) is 0. The summed E-state index contributed by atoms with van der Waals surface area (Å²) in [6.07, 6.45) is 0. The lowest BCUT2D eigenvalue weighted by atomic mass is 11.0. The van der Waals surface area contributed by atoms with E-state index in [1.807, 2.05) is 0 Å². The largest absolute Gasteiger partial charge is 0.258 e. The maximum Gasteiger partial charge on any atom is 0.0557 e. The van der Waals surface area contributed by atoms with Crippen molar-refractivity contribution < 1.29 is 0 Å². The van der Waals surface area contributed by atoms with Gasteiger partial charge in [-0.2, -0.15) is 0 Å². The Balaban J connectivity index is 2.21. The van der Waals surface area contributed by atoms with Crippen LogP contribution in [-0.2, 0) is 0 Å². The van der Waals surface area contributed by atoms with Crippen molar-refractivity contribution in [3.05, 3.63) is 0 Å². The second-order valence-corrected chi connectivity index (χ2v) is 3.88. The predicted molar refractivity (Wildman–Crippen MR) is 45.7 cm³/mol. The zero-order valence-electron chi connectivity index (χ0n) is 3.19. The number of nitrogens with zero attached hydrogens (tertiary/aromatic N) is 1. The summed E-state index contributed by atoms with van der Waals surface area (Å²) in [6.45, 7) is 0. The minimum absolute atomic E-state index is 0.541. The molecule has 0 fully saturated rings. The van der Waals surface area contributed by atoms with Gasteiger partial charge in [-0.25, -0.2) is 0 Å². The maximum absolute atomic E-state index is 2.38. The second-order valence-electron chi connectivity index (χ2n) is 1.08. The fourth-order valence-corrected chi connectivity index (χ4v) is 3.73. The first-order valence-electron chi connectivity index (χ1n) is 1.64. The Hall–Kier alpha value is 1.29. The van der Waals surface area contributed by atoms with E-state index in [1.165, 1.54) is 9.10 Å². The summed E-state index contributed by atoms with van der Waals surface area (Å²) in [5.74, 6) is 0. The molecular formula is C3H5I2N. The molecule has 3 heteroatoms. The summed E-state index contributed by atoms with van der Waals surface area (Å²) in [5.41, 5.74) is 0. The van der Waals surface area contributed by atoms with Crippen LogP contribution in [0.1, 0.15) is 0 Å². The molecule has 0 bridgehead atoms. The molecule has 0 aromatic heterocycles. The summed E-state index contributed by atoms with van der Waals surface area (Å²) < 4.78 is 4.92. The molecule has 0 radical (unpaired) electrons. The highest BCUT2D eigenvalue weighted by atomic mass is 127. The molecule has 6 heavy (non-hydrogen) atoms. The molecule has 0 atom stereocenters. The average molecular weight is 309 g/mol. The molecule has 0 amide bonds. The smallest absolute Gasteiger partial charge is 0.0557 e. The van der Waals surface area contributed by atoms with E-state index >= 15 is 0 Å². The van der Waals surface area contributed by atoms with Crippen molar-refractivity contribution in [3.8, 4) is 0 Å². The molecule has 36 valence electrons. The van der Waals surface area contributed by atoms with E-state index in [-0.39, 0.29) is 0 Å². The molecule has 0 N–H and O–H groups in total. The monoisotopic (exact) mass is 309 g/mol. The number of hydrogen-bond donors (Lipinski definition) is 0. The van der Waals surface area contributed by atoms with Gasteiger partial charge in [-0.1, -0.05) is 43.3 Å². The lowest BCUT2D eigenvalue weighted by Crippen LogP contribution is -2.22. The zero-order valence-corrected chi connectivity index (χ0v) is 7.51.